The monoisotopic (exact) mass is 316 g/mol. The van der Waals surface area contributed by atoms with Gasteiger partial charge in [0.15, 0.2) is 0 Å². The van der Waals surface area contributed by atoms with Crippen molar-refractivity contribution in [3.8, 4) is 0 Å². The van der Waals surface area contributed by atoms with Crippen molar-refractivity contribution in [2.75, 3.05) is 46.2 Å². The standard InChI is InChI=1S/C15H30N4O3.H2/c1-4-14(2)16-5-7-20-9-11-22-12-10-21-8-6-19-13-15(3)17-18-19;/h13-14,16H,4-12H2,1-3H3;1H. The van der Waals surface area contributed by atoms with Crippen molar-refractivity contribution >= 4 is 0 Å². The fourth-order valence-electron chi connectivity index (χ4n) is 1.73. The number of ether oxygens (including phenoxy) is 3. The van der Waals surface area contributed by atoms with Gasteiger partial charge in [-0.25, -0.2) is 4.68 Å². The number of nitrogens with one attached hydrogen (secondary N) is 1. The quantitative estimate of drug-likeness (QED) is 0.521. The predicted octanol–water partition coefficient (Wildman–Crippen LogP) is 1.27. The number of nitrogens with zero attached hydrogens (tertiary/aromatic N) is 3. The number of aryl methyl sites for hydroxylation is 1. The van der Waals surface area contributed by atoms with Crippen molar-refractivity contribution in [3.63, 3.8) is 0 Å². The van der Waals surface area contributed by atoms with E-state index in [-0.39, 0.29) is 1.43 Å². The zero-order valence-corrected chi connectivity index (χ0v) is 14.1. The third-order valence-corrected chi connectivity index (χ3v) is 3.21. The molecule has 0 saturated heterocycles. The average Bonchev–Trinajstić information content (AvgIpc) is 2.93. The Balaban J connectivity index is 0.00000484. The minimum atomic E-state index is 0. The minimum Gasteiger partial charge on any atom is -0.378 e. The van der Waals surface area contributed by atoms with Crippen molar-refractivity contribution < 1.29 is 15.6 Å². The predicted molar refractivity (Wildman–Crippen MR) is 87.1 cm³/mol. The molecule has 0 bridgehead atoms. The van der Waals surface area contributed by atoms with Crippen LogP contribution in [0.5, 0.6) is 0 Å². The van der Waals surface area contributed by atoms with Gasteiger partial charge in [0, 0.05) is 20.2 Å². The van der Waals surface area contributed by atoms with E-state index < -0.39 is 0 Å². The van der Waals surface area contributed by atoms with Gasteiger partial charge in [-0.1, -0.05) is 12.1 Å². The van der Waals surface area contributed by atoms with E-state index in [1.54, 1.807) is 4.68 Å². The summed E-state index contributed by atoms with van der Waals surface area (Å²) in [4.78, 5) is 0. The second-order valence-electron chi connectivity index (χ2n) is 5.22. The summed E-state index contributed by atoms with van der Waals surface area (Å²) in [6, 6.07) is 0.554. The van der Waals surface area contributed by atoms with Gasteiger partial charge in [0.2, 0.25) is 0 Å². The maximum atomic E-state index is 5.47. The van der Waals surface area contributed by atoms with Crippen LogP contribution in [0.15, 0.2) is 6.20 Å². The first-order chi connectivity index (χ1) is 10.7. The summed E-state index contributed by atoms with van der Waals surface area (Å²) in [6.45, 7) is 11.6. The van der Waals surface area contributed by atoms with Crippen LogP contribution in [0.3, 0.4) is 0 Å². The van der Waals surface area contributed by atoms with Crippen LogP contribution in [0.2, 0.25) is 0 Å². The molecule has 0 aromatic carbocycles. The van der Waals surface area contributed by atoms with Crippen LogP contribution in [0.1, 0.15) is 27.4 Å². The van der Waals surface area contributed by atoms with Crippen LogP contribution in [-0.2, 0) is 20.8 Å². The molecule has 1 rings (SSSR count). The fraction of sp³-hybridized carbons (Fsp3) is 0.867. The summed E-state index contributed by atoms with van der Waals surface area (Å²) in [7, 11) is 0. The van der Waals surface area contributed by atoms with Gasteiger partial charge >= 0.3 is 0 Å². The molecule has 1 unspecified atom stereocenters. The van der Waals surface area contributed by atoms with E-state index in [2.05, 4.69) is 29.5 Å². The van der Waals surface area contributed by atoms with E-state index in [0.717, 1.165) is 25.3 Å². The van der Waals surface area contributed by atoms with Crippen LogP contribution in [0, 0.1) is 6.92 Å². The first-order valence-corrected chi connectivity index (χ1v) is 8.05. The number of rotatable bonds is 14. The maximum Gasteiger partial charge on any atom is 0.0796 e. The average molecular weight is 316 g/mol. The van der Waals surface area contributed by atoms with Gasteiger partial charge in [0.1, 0.15) is 0 Å². The van der Waals surface area contributed by atoms with Crippen molar-refractivity contribution in [1.29, 1.82) is 0 Å². The van der Waals surface area contributed by atoms with Crippen molar-refractivity contribution in [1.82, 2.24) is 20.3 Å². The second kappa shape index (κ2) is 12.5. The molecule has 0 aliphatic heterocycles. The summed E-state index contributed by atoms with van der Waals surface area (Å²) in [5.41, 5.74) is 0.919. The van der Waals surface area contributed by atoms with Crippen LogP contribution in [0.25, 0.3) is 0 Å². The lowest BCUT2D eigenvalue weighted by atomic mass is 10.3. The SMILES string of the molecule is CCC(C)NCCOCCOCCOCCn1cc(C)nn1.[HH]. The Labute approximate surface area is 134 Å². The number of hydrogen-bond acceptors (Lipinski definition) is 6. The highest BCUT2D eigenvalue weighted by molar-refractivity contribution is 4.86. The number of aromatic nitrogens is 3. The van der Waals surface area contributed by atoms with E-state index in [1.807, 2.05) is 13.1 Å². The Hall–Kier alpha value is -1.02. The van der Waals surface area contributed by atoms with Gasteiger partial charge in [0.25, 0.3) is 0 Å². The van der Waals surface area contributed by atoms with Crippen LogP contribution < -0.4 is 5.32 Å². The fourth-order valence-corrected chi connectivity index (χ4v) is 1.73. The third-order valence-electron chi connectivity index (χ3n) is 3.21. The Kier molecular flexibility index (Phi) is 10.8. The van der Waals surface area contributed by atoms with Gasteiger partial charge in [-0.05, 0) is 20.3 Å². The molecule has 1 heterocycles. The second-order valence-corrected chi connectivity index (χ2v) is 5.22. The Morgan fingerprint density at radius 3 is 2.36 bits per heavy atom. The van der Waals surface area contributed by atoms with Crippen LogP contribution in [0.4, 0.5) is 0 Å². The molecule has 7 heteroatoms. The number of hydrogen-bond donors (Lipinski definition) is 1. The third kappa shape index (κ3) is 9.83. The van der Waals surface area contributed by atoms with Gasteiger partial charge in [-0.3, -0.25) is 0 Å². The van der Waals surface area contributed by atoms with Crippen molar-refractivity contribution in [2.24, 2.45) is 0 Å². The molecule has 1 aromatic heterocycles. The normalized spacial score (nSPS) is 12.7. The maximum absolute atomic E-state index is 5.47. The topological polar surface area (TPSA) is 70.4 Å². The molecule has 22 heavy (non-hydrogen) atoms. The molecular weight excluding hydrogens is 284 g/mol. The summed E-state index contributed by atoms with van der Waals surface area (Å²) in [5, 5.41) is 11.2. The lowest BCUT2D eigenvalue weighted by Crippen LogP contribution is -2.29. The first kappa shape index (κ1) is 19.0. The molecule has 0 saturated carbocycles. The zero-order chi connectivity index (χ0) is 16.0. The van der Waals surface area contributed by atoms with E-state index in [9.17, 15) is 0 Å². The largest absolute Gasteiger partial charge is 0.378 e. The molecule has 7 nitrogen and oxygen atoms in total. The molecule has 0 amide bonds. The van der Waals surface area contributed by atoms with Gasteiger partial charge in [-0.2, -0.15) is 0 Å². The molecule has 1 N–H and O–H groups in total. The Morgan fingerprint density at radius 2 is 1.77 bits per heavy atom. The molecule has 0 aliphatic carbocycles. The lowest BCUT2D eigenvalue weighted by Gasteiger charge is -2.11. The summed E-state index contributed by atoms with van der Waals surface area (Å²) >= 11 is 0. The van der Waals surface area contributed by atoms with Crippen molar-refractivity contribution in [2.45, 2.75) is 39.8 Å². The molecule has 1 aromatic rings. The Bertz CT molecular complexity index is 379. The van der Waals surface area contributed by atoms with Crippen LogP contribution in [-0.4, -0.2) is 67.2 Å². The summed E-state index contributed by atoms with van der Waals surface area (Å²) in [5.74, 6) is 0. The summed E-state index contributed by atoms with van der Waals surface area (Å²) in [6.07, 6.45) is 3.03. The van der Waals surface area contributed by atoms with Gasteiger partial charge < -0.3 is 19.5 Å². The molecule has 130 valence electrons. The van der Waals surface area contributed by atoms with E-state index >= 15 is 0 Å². The van der Waals surface area contributed by atoms with Gasteiger partial charge in [0.05, 0.1) is 51.9 Å². The molecule has 0 spiro atoms. The first-order valence-electron chi connectivity index (χ1n) is 8.05. The molecule has 0 aliphatic rings. The van der Waals surface area contributed by atoms with Gasteiger partial charge in [-0.15, -0.1) is 5.10 Å². The molecular formula is C15H32N4O3. The van der Waals surface area contributed by atoms with Crippen LogP contribution >= 0.6 is 0 Å². The van der Waals surface area contributed by atoms with E-state index in [1.165, 1.54) is 0 Å². The summed E-state index contributed by atoms with van der Waals surface area (Å²) < 4.78 is 18.1. The highest BCUT2D eigenvalue weighted by atomic mass is 16.5. The van der Waals surface area contributed by atoms with E-state index in [0.29, 0.717) is 45.6 Å². The lowest BCUT2D eigenvalue weighted by molar-refractivity contribution is 0.0131. The molecule has 1 atom stereocenters. The minimum absolute atomic E-state index is 0. The van der Waals surface area contributed by atoms with Crippen molar-refractivity contribution in [3.05, 3.63) is 11.9 Å². The van der Waals surface area contributed by atoms with E-state index in [4.69, 9.17) is 14.2 Å². The molecule has 0 radical (unpaired) electrons. The highest BCUT2D eigenvalue weighted by Crippen LogP contribution is 1.90. The smallest absolute Gasteiger partial charge is 0.0796 e. The molecule has 0 fully saturated rings. The highest BCUT2D eigenvalue weighted by Gasteiger charge is 1.97. The Morgan fingerprint density at radius 1 is 1.14 bits per heavy atom. The zero-order valence-electron chi connectivity index (χ0n) is 14.1.